The lowest BCUT2D eigenvalue weighted by Gasteiger charge is -2.10. The molecule has 0 spiro atoms. The minimum absolute atomic E-state index is 0.0139. The molecule has 2 aromatic rings. The van der Waals surface area contributed by atoms with E-state index in [-0.39, 0.29) is 5.38 Å². The minimum atomic E-state index is 0.0139. The number of hydrogen-bond donors (Lipinski definition) is 1. The number of aromatic amines is 1. The molecule has 1 atom stereocenters. The fourth-order valence-corrected chi connectivity index (χ4v) is 3.22. The fourth-order valence-electron chi connectivity index (χ4n) is 2.93. The molecule has 2 nitrogen and oxygen atoms in total. The van der Waals surface area contributed by atoms with Crippen molar-refractivity contribution in [2.45, 2.75) is 39.0 Å². The van der Waals surface area contributed by atoms with Crippen molar-refractivity contribution >= 4 is 11.6 Å². The lowest BCUT2D eigenvalue weighted by Crippen LogP contribution is -1.94. The number of nitrogens with one attached hydrogen (secondary N) is 1. The highest BCUT2D eigenvalue weighted by molar-refractivity contribution is 6.20. The summed E-state index contributed by atoms with van der Waals surface area (Å²) in [5, 5.41) is 0.0139. The molecule has 0 saturated heterocycles. The number of alkyl halides is 1. The van der Waals surface area contributed by atoms with E-state index in [1.54, 1.807) is 7.11 Å². The molecule has 1 N–H and O–H groups in total. The fraction of sp³-hybridized carbons (Fsp3) is 0.444. The van der Waals surface area contributed by atoms with Gasteiger partial charge in [-0.25, -0.2) is 0 Å². The van der Waals surface area contributed by atoms with Crippen LogP contribution in [0.5, 0.6) is 0 Å². The standard InChI is InChI=1S/C18H24ClNO/c1-12-8-13(2)18(14(3)9-12)15-10-17(20-11-15)16(19)6-5-7-21-4/h8-11,16,20H,5-7H2,1-4H3. The number of aromatic nitrogens is 1. The summed E-state index contributed by atoms with van der Waals surface area (Å²) in [7, 11) is 1.72. The molecule has 0 aliphatic carbocycles. The Bertz CT molecular complexity index is 580. The maximum atomic E-state index is 6.46. The van der Waals surface area contributed by atoms with Gasteiger partial charge in [-0.1, -0.05) is 17.7 Å². The maximum absolute atomic E-state index is 6.46. The van der Waals surface area contributed by atoms with Gasteiger partial charge in [0.2, 0.25) is 0 Å². The zero-order valence-corrected chi connectivity index (χ0v) is 14.1. The van der Waals surface area contributed by atoms with Crippen molar-refractivity contribution in [1.29, 1.82) is 0 Å². The highest BCUT2D eigenvalue weighted by Crippen LogP contribution is 2.32. The van der Waals surface area contributed by atoms with Gasteiger partial charge in [-0.3, -0.25) is 0 Å². The molecular formula is C18H24ClNO. The molecule has 0 saturated carbocycles. The van der Waals surface area contributed by atoms with Gasteiger partial charge in [-0.2, -0.15) is 0 Å². The smallest absolute Gasteiger partial charge is 0.0736 e. The van der Waals surface area contributed by atoms with E-state index in [1.165, 1.54) is 27.8 Å². The molecule has 1 aromatic carbocycles. The second-order valence-corrected chi connectivity index (χ2v) is 6.25. The second-order valence-electron chi connectivity index (χ2n) is 5.72. The summed E-state index contributed by atoms with van der Waals surface area (Å²) < 4.78 is 5.08. The van der Waals surface area contributed by atoms with Crippen LogP contribution in [-0.2, 0) is 4.74 Å². The van der Waals surface area contributed by atoms with Crippen LogP contribution in [0, 0.1) is 20.8 Å². The van der Waals surface area contributed by atoms with Gasteiger partial charge >= 0.3 is 0 Å². The Hall–Kier alpha value is -1.25. The first-order chi connectivity index (χ1) is 10.0. The largest absolute Gasteiger partial charge is 0.385 e. The van der Waals surface area contributed by atoms with Gasteiger partial charge in [0.25, 0.3) is 0 Å². The summed E-state index contributed by atoms with van der Waals surface area (Å²) >= 11 is 6.46. The molecule has 114 valence electrons. The number of H-pyrrole nitrogens is 1. The molecular weight excluding hydrogens is 282 g/mol. The molecule has 1 heterocycles. The summed E-state index contributed by atoms with van der Waals surface area (Å²) in [6.07, 6.45) is 3.95. The minimum Gasteiger partial charge on any atom is -0.385 e. The van der Waals surface area contributed by atoms with E-state index in [9.17, 15) is 0 Å². The summed E-state index contributed by atoms with van der Waals surface area (Å²) in [5.74, 6) is 0. The number of benzene rings is 1. The van der Waals surface area contributed by atoms with E-state index in [0.29, 0.717) is 0 Å². The molecule has 0 aliphatic heterocycles. The van der Waals surface area contributed by atoms with Gasteiger partial charge in [-0.05, 0) is 61.9 Å². The van der Waals surface area contributed by atoms with Crippen LogP contribution in [0.15, 0.2) is 24.4 Å². The lowest BCUT2D eigenvalue weighted by molar-refractivity contribution is 0.192. The van der Waals surface area contributed by atoms with Gasteiger partial charge in [0.05, 0.1) is 5.38 Å². The van der Waals surface area contributed by atoms with E-state index in [4.69, 9.17) is 16.3 Å². The van der Waals surface area contributed by atoms with Crippen molar-refractivity contribution in [3.63, 3.8) is 0 Å². The van der Waals surface area contributed by atoms with Crippen molar-refractivity contribution in [2.24, 2.45) is 0 Å². The van der Waals surface area contributed by atoms with Crippen LogP contribution in [0.1, 0.15) is 40.6 Å². The van der Waals surface area contributed by atoms with Crippen LogP contribution in [0.2, 0.25) is 0 Å². The average molecular weight is 306 g/mol. The third-order valence-electron chi connectivity index (χ3n) is 3.81. The predicted octanol–water partition coefficient (Wildman–Crippen LogP) is 5.31. The Kier molecular flexibility index (Phi) is 5.49. The zero-order valence-electron chi connectivity index (χ0n) is 13.3. The third kappa shape index (κ3) is 3.90. The number of methoxy groups -OCH3 is 1. The monoisotopic (exact) mass is 305 g/mol. The first kappa shape index (κ1) is 16.1. The predicted molar refractivity (Wildman–Crippen MR) is 90.1 cm³/mol. The molecule has 1 unspecified atom stereocenters. The Labute approximate surface area is 132 Å². The van der Waals surface area contributed by atoms with E-state index in [1.807, 2.05) is 0 Å². The number of halogens is 1. The zero-order chi connectivity index (χ0) is 15.4. The highest BCUT2D eigenvalue weighted by atomic mass is 35.5. The summed E-state index contributed by atoms with van der Waals surface area (Å²) in [4.78, 5) is 3.33. The van der Waals surface area contributed by atoms with Gasteiger partial charge in [0.15, 0.2) is 0 Å². The van der Waals surface area contributed by atoms with Crippen LogP contribution in [0.3, 0.4) is 0 Å². The Morgan fingerprint density at radius 3 is 2.43 bits per heavy atom. The molecule has 0 radical (unpaired) electrons. The Morgan fingerprint density at radius 1 is 1.14 bits per heavy atom. The highest BCUT2D eigenvalue weighted by Gasteiger charge is 2.13. The summed E-state index contributed by atoms with van der Waals surface area (Å²) in [6.45, 7) is 7.22. The molecule has 2 rings (SSSR count). The Balaban J connectivity index is 2.20. The number of rotatable bonds is 6. The van der Waals surface area contributed by atoms with Crippen LogP contribution >= 0.6 is 11.6 Å². The lowest BCUT2D eigenvalue weighted by atomic mass is 9.95. The quantitative estimate of drug-likeness (QED) is 0.567. The molecule has 0 amide bonds. The molecule has 0 fully saturated rings. The van der Waals surface area contributed by atoms with Crippen LogP contribution in [0.25, 0.3) is 11.1 Å². The van der Waals surface area contributed by atoms with E-state index in [0.717, 1.165) is 25.1 Å². The third-order valence-corrected chi connectivity index (χ3v) is 4.27. The van der Waals surface area contributed by atoms with Crippen LogP contribution < -0.4 is 0 Å². The SMILES string of the molecule is COCCCC(Cl)c1cc(-c2c(C)cc(C)cc2C)c[nH]1. The second kappa shape index (κ2) is 7.15. The van der Waals surface area contributed by atoms with Crippen molar-refractivity contribution in [1.82, 2.24) is 4.98 Å². The van der Waals surface area contributed by atoms with Gasteiger partial charge < -0.3 is 9.72 Å². The molecule has 0 aliphatic rings. The number of hydrogen-bond acceptors (Lipinski definition) is 1. The first-order valence-corrected chi connectivity index (χ1v) is 7.86. The van der Waals surface area contributed by atoms with Crippen molar-refractivity contribution in [3.8, 4) is 11.1 Å². The first-order valence-electron chi connectivity index (χ1n) is 7.42. The molecule has 1 aromatic heterocycles. The van der Waals surface area contributed by atoms with Gasteiger partial charge in [0.1, 0.15) is 0 Å². The summed E-state index contributed by atoms with van der Waals surface area (Å²) in [5.41, 5.74) is 7.54. The molecule has 0 bridgehead atoms. The normalized spacial score (nSPS) is 12.6. The topological polar surface area (TPSA) is 25.0 Å². The van der Waals surface area contributed by atoms with Crippen molar-refractivity contribution < 1.29 is 4.74 Å². The van der Waals surface area contributed by atoms with Gasteiger partial charge in [0, 0.05) is 25.6 Å². The Morgan fingerprint density at radius 2 is 1.81 bits per heavy atom. The van der Waals surface area contributed by atoms with Gasteiger partial charge in [-0.15, -0.1) is 11.6 Å². The van der Waals surface area contributed by atoms with Crippen LogP contribution in [-0.4, -0.2) is 18.7 Å². The van der Waals surface area contributed by atoms with Crippen molar-refractivity contribution in [3.05, 3.63) is 46.8 Å². The molecule has 21 heavy (non-hydrogen) atoms. The number of ether oxygens (including phenoxy) is 1. The van der Waals surface area contributed by atoms with Crippen LogP contribution in [0.4, 0.5) is 0 Å². The van der Waals surface area contributed by atoms with E-state index < -0.39 is 0 Å². The maximum Gasteiger partial charge on any atom is 0.0736 e. The van der Waals surface area contributed by atoms with E-state index >= 15 is 0 Å². The average Bonchev–Trinajstić information content (AvgIpc) is 2.87. The van der Waals surface area contributed by atoms with Crippen molar-refractivity contribution in [2.75, 3.05) is 13.7 Å². The van der Waals surface area contributed by atoms with E-state index in [2.05, 4.69) is 50.2 Å². The number of aryl methyl sites for hydroxylation is 3. The molecule has 3 heteroatoms. The summed E-state index contributed by atoms with van der Waals surface area (Å²) in [6, 6.07) is 6.63.